The number of carbonyl (C=O) groups is 1. The quantitative estimate of drug-likeness (QED) is 0.797. The SMILES string of the molecule is CCCCC(=O)Nc1nnc(COCC)s1. The highest BCUT2D eigenvalue weighted by Crippen LogP contribution is 2.16. The molecule has 0 radical (unpaired) electrons. The molecule has 1 rings (SSSR count). The highest BCUT2D eigenvalue weighted by atomic mass is 32.1. The summed E-state index contributed by atoms with van der Waals surface area (Å²) in [6, 6.07) is 0. The number of amides is 1. The van der Waals surface area contributed by atoms with E-state index in [4.69, 9.17) is 4.74 Å². The van der Waals surface area contributed by atoms with Crippen LogP contribution in [0.5, 0.6) is 0 Å². The smallest absolute Gasteiger partial charge is 0.226 e. The first-order valence-corrected chi connectivity index (χ1v) is 6.27. The summed E-state index contributed by atoms with van der Waals surface area (Å²) in [6.07, 6.45) is 2.45. The van der Waals surface area contributed by atoms with Gasteiger partial charge in [0.15, 0.2) is 0 Å². The van der Waals surface area contributed by atoms with Crippen LogP contribution in [0.2, 0.25) is 0 Å². The average molecular weight is 243 g/mol. The van der Waals surface area contributed by atoms with Gasteiger partial charge in [0.05, 0.1) is 0 Å². The number of unbranched alkanes of at least 4 members (excludes halogenated alkanes) is 1. The Morgan fingerprint density at radius 1 is 1.44 bits per heavy atom. The van der Waals surface area contributed by atoms with E-state index >= 15 is 0 Å². The second-order valence-electron chi connectivity index (χ2n) is 3.29. The van der Waals surface area contributed by atoms with Crippen molar-refractivity contribution in [2.75, 3.05) is 11.9 Å². The van der Waals surface area contributed by atoms with Gasteiger partial charge in [-0.3, -0.25) is 4.79 Å². The van der Waals surface area contributed by atoms with Crippen molar-refractivity contribution in [2.45, 2.75) is 39.7 Å². The first-order chi connectivity index (χ1) is 7.76. The predicted molar refractivity (Wildman–Crippen MR) is 63.4 cm³/mol. The second kappa shape index (κ2) is 7.29. The summed E-state index contributed by atoms with van der Waals surface area (Å²) in [7, 11) is 0. The van der Waals surface area contributed by atoms with Gasteiger partial charge in [-0.15, -0.1) is 10.2 Å². The van der Waals surface area contributed by atoms with E-state index in [0.717, 1.165) is 17.8 Å². The maximum Gasteiger partial charge on any atom is 0.226 e. The number of nitrogens with one attached hydrogen (secondary N) is 1. The summed E-state index contributed by atoms with van der Waals surface area (Å²) in [5, 5.41) is 11.9. The van der Waals surface area contributed by atoms with Crippen molar-refractivity contribution in [3.8, 4) is 0 Å². The summed E-state index contributed by atoms with van der Waals surface area (Å²) in [4.78, 5) is 11.4. The molecule has 0 spiro atoms. The Bertz CT molecular complexity index is 328. The van der Waals surface area contributed by atoms with Crippen LogP contribution < -0.4 is 5.32 Å². The number of ether oxygens (including phenoxy) is 1. The van der Waals surface area contributed by atoms with Crippen molar-refractivity contribution in [2.24, 2.45) is 0 Å². The Morgan fingerprint density at radius 2 is 2.25 bits per heavy atom. The lowest BCUT2D eigenvalue weighted by Crippen LogP contribution is -2.10. The molecule has 1 aromatic rings. The molecule has 16 heavy (non-hydrogen) atoms. The fourth-order valence-electron chi connectivity index (χ4n) is 1.07. The Labute approximate surface area is 99.2 Å². The first kappa shape index (κ1) is 13.1. The zero-order valence-corrected chi connectivity index (χ0v) is 10.5. The molecular formula is C10H17N3O2S. The molecular weight excluding hydrogens is 226 g/mol. The maximum atomic E-state index is 11.4. The third-order valence-electron chi connectivity index (χ3n) is 1.90. The van der Waals surface area contributed by atoms with Crippen molar-refractivity contribution in [3.63, 3.8) is 0 Å². The van der Waals surface area contributed by atoms with Crippen molar-refractivity contribution in [3.05, 3.63) is 5.01 Å². The molecule has 5 nitrogen and oxygen atoms in total. The molecule has 0 saturated carbocycles. The minimum absolute atomic E-state index is 0.000889. The molecule has 0 aliphatic heterocycles. The molecule has 1 aromatic heterocycles. The molecule has 1 amide bonds. The Balaban J connectivity index is 2.36. The van der Waals surface area contributed by atoms with Gasteiger partial charge in [0.2, 0.25) is 11.0 Å². The van der Waals surface area contributed by atoms with E-state index < -0.39 is 0 Å². The Morgan fingerprint density at radius 3 is 2.94 bits per heavy atom. The summed E-state index contributed by atoms with van der Waals surface area (Å²) >= 11 is 1.36. The largest absolute Gasteiger partial charge is 0.374 e. The maximum absolute atomic E-state index is 11.4. The predicted octanol–water partition coefficient (Wildman–Crippen LogP) is 2.20. The van der Waals surface area contributed by atoms with Crippen LogP contribution in [0.25, 0.3) is 0 Å². The third kappa shape index (κ3) is 4.67. The molecule has 0 atom stereocenters. The number of anilines is 1. The Kier molecular flexibility index (Phi) is 5.95. The number of hydrogen-bond donors (Lipinski definition) is 1. The molecule has 0 aliphatic carbocycles. The van der Waals surface area contributed by atoms with Crippen LogP contribution in [-0.2, 0) is 16.1 Å². The molecule has 0 fully saturated rings. The molecule has 0 unspecified atom stereocenters. The molecule has 6 heteroatoms. The second-order valence-corrected chi connectivity index (χ2v) is 4.35. The van der Waals surface area contributed by atoms with Gasteiger partial charge in [0, 0.05) is 13.0 Å². The van der Waals surface area contributed by atoms with E-state index in [2.05, 4.69) is 22.4 Å². The van der Waals surface area contributed by atoms with Crippen LogP contribution in [0.1, 0.15) is 38.1 Å². The van der Waals surface area contributed by atoms with Crippen molar-refractivity contribution in [1.29, 1.82) is 0 Å². The zero-order chi connectivity index (χ0) is 11.8. The fraction of sp³-hybridized carbons (Fsp3) is 0.700. The number of hydrogen-bond acceptors (Lipinski definition) is 5. The minimum Gasteiger partial charge on any atom is -0.374 e. The monoisotopic (exact) mass is 243 g/mol. The standard InChI is InChI=1S/C10H17N3O2S/c1-3-5-6-8(14)11-10-13-12-9(16-10)7-15-4-2/h3-7H2,1-2H3,(H,11,13,14). The van der Waals surface area contributed by atoms with Crippen LogP contribution in [0.4, 0.5) is 5.13 Å². The van der Waals surface area contributed by atoms with E-state index in [1.54, 1.807) is 0 Å². The van der Waals surface area contributed by atoms with Crippen LogP contribution in [0, 0.1) is 0 Å². The lowest BCUT2D eigenvalue weighted by molar-refractivity contribution is -0.116. The molecule has 1 heterocycles. The highest BCUT2D eigenvalue weighted by molar-refractivity contribution is 7.15. The van der Waals surface area contributed by atoms with Crippen molar-refractivity contribution in [1.82, 2.24) is 10.2 Å². The van der Waals surface area contributed by atoms with Crippen LogP contribution >= 0.6 is 11.3 Å². The van der Waals surface area contributed by atoms with E-state index in [-0.39, 0.29) is 5.91 Å². The molecule has 1 N–H and O–H groups in total. The van der Waals surface area contributed by atoms with Gasteiger partial charge in [0.25, 0.3) is 0 Å². The Hall–Kier alpha value is -1.01. The van der Waals surface area contributed by atoms with Gasteiger partial charge in [0.1, 0.15) is 11.6 Å². The molecule has 90 valence electrons. The summed E-state index contributed by atoms with van der Waals surface area (Å²) in [6.45, 7) is 5.09. The fourth-order valence-corrected chi connectivity index (χ4v) is 1.76. The van der Waals surface area contributed by atoms with Crippen molar-refractivity contribution < 1.29 is 9.53 Å². The molecule has 0 aliphatic rings. The molecule has 0 aromatic carbocycles. The van der Waals surface area contributed by atoms with Gasteiger partial charge in [-0.2, -0.15) is 0 Å². The van der Waals surface area contributed by atoms with Gasteiger partial charge in [-0.05, 0) is 13.3 Å². The lowest BCUT2D eigenvalue weighted by Gasteiger charge is -1.98. The first-order valence-electron chi connectivity index (χ1n) is 5.46. The van der Waals surface area contributed by atoms with Gasteiger partial charge in [-0.1, -0.05) is 24.7 Å². The topological polar surface area (TPSA) is 64.1 Å². The van der Waals surface area contributed by atoms with Gasteiger partial charge < -0.3 is 10.1 Å². The van der Waals surface area contributed by atoms with Crippen LogP contribution in [0.15, 0.2) is 0 Å². The molecule has 0 saturated heterocycles. The highest BCUT2D eigenvalue weighted by Gasteiger charge is 2.07. The van der Waals surface area contributed by atoms with E-state index in [1.165, 1.54) is 11.3 Å². The zero-order valence-electron chi connectivity index (χ0n) is 9.65. The van der Waals surface area contributed by atoms with Crippen LogP contribution in [0.3, 0.4) is 0 Å². The summed E-state index contributed by atoms with van der Waals surface area (Å²) in [5.74, 6) is 0.000889. The normalized spacial score (nSPS) is 10.4. The van der Waals surface area contributed by atoms with Crippen LogP contribution in [-0.4, -0.2) is 22.7 Å². The average Bonchev–Trinajstić information content (AvgIpc) is 2.71. The number of aromatic nitrogens is 2. The summed E-state index contributed by atoms with van der Waals surface area (Å²) in [5.41, 5.74) is 0. The number of carbonyl (C=O) groups excluding carboxylic acids is 1. The van der Waals surface area contributed by atoms with Gasteiger partial charge in [-0.25, -0.2) is 0 Å². The van der Waals surface area contributed by atoms with Crippen molar-refractivity contribution >= 4 is 22.4 Å². The van der Waals surface area contributed by atoms with E-state index in [9.17, 15) is 4.79 Å². The number of rotatable bonds is 7. The van der Waals surface area contributed by atoms with E-state index in [1.807, 2.05) is 6.92 Å². The van der Waals surface area contributed by atoms with Gasteiger partial charge >= 0.3 is 0 Å². The third-order valence-corrected chi connectivity index (χ3v) is 2.71. The lowest BCUT2D eigenvalue weighted by atomic mass is 10.2. The molecule has 0 bridgehead atoms. The van der Waals surface area contributed by atoms with E-state index in [0.29, 0.717) is 24.8 Å². The minimum atomic E-state index is 0.000889. The number of nitrogens with zero attached hydrogens (tertiary/aromatic N) is 2. The summed E-state index contributed by atoms with van der Waals surface area (Å²) < 4.78 is 5.20.